The number of nitrogens with one attached hydrogen (secondary N) is 1. The van der Waals surface area contributed by atoms with E-state index in [-0.39, 0.29) is 12.5 Å². The van der Waals surface area contributed by atoms with Crippen LogP contribution in [0.4, 0.5) is 11.5 Å². The monoisotopic (exact) mass is 343 g/mol. The van der Waals surface area contributed by atoms with Gasteiger partial charge in [0, 0.05) is 12.2 Å². The number of carbonyl (C=O) groups is 1. The minimum Gasteiger partial charge on any atom is -0.362 e. The molecule has 128 valence electrons. The highest BCUT2D eigenvalue weighted by Crippen LogP contribution is 2.27. The predicted octanol–water partition coefficient (Wildman–Crippen LogP) is 2.75. The van der Waals surface area contributed by atoms with E-state index < -0.39 is 0 Å². The van der Waals surface area contributed by atoms with Gasteiger partial charge in [-0.3, -0.25) is 4.79 Å². The van der Waals surface area contributed by atoms with Gasteiger partial charge in [0.25, 0.3) is 0 Å². The van der Waals surface area contributed by atoms with Crippen LogP contribution in [0.15, 0.2) is 60.8 Å². The fourth-order valence-electron chi connectivity index (χ4n) is 3.23. The van der Waals surface area contributed by atoms with Gasteiger partial charge in [0.05, 0.1) is 18.4 Å². The Morgan fingerprint density at radius 3 is 2.73 bits per heavy atom. The van der Waals surface area contributed by atoms with Crippen molar-refractivity contribution in [3.63, 3.8) is 0 Å². The maximum absolute atomic E-state index is 12.6. The molecular formula is C20H17N5O. The van der Waals surface area contributed by atoms with Crippen LogP contribution in [0.25, 0.3) is 5.69 Å². The molecule has 0 atom stereocenters. The van der Waals surface area contributed by atoms with Crippen LogP contribution in [-0.4, -0.2) is 28.8 Å². The van der Waals surface area contributed by atoms with Crippen LogP contribution in [0.1, 0.15) is 11.1 Å². The van der Waals surface area contributed by atoms with Gasteiger partial charge in [0.15, 0.2) is 5.82 Å². The smallest absolute Gasteiger partial charge is 0.245 e. The number of nitriles is 1. The zero-order valence-electron chi connectivity index (χ0n) is 14.1. The molecule has 1 amide bonds. The summed E-state index contributed by atoms with van der Waals surface area (Å²) in [4.78, 5) is 14.7. The molecule has 4 rings (SSSR count). The topological polar surface area (TPSA) is 74.0 Å². The molecule has 0 bridgehead atoms. The summed E-state index contributed by atoms with van der Waals surface area (Å²) >= 11 is 0. The minimum absolute atomic E-state index is 0.170. The van der Waals surface area contributed by atoms with Gasteiger partial charge in [0.1, 0.15) is 11.6 Å². The van der Waals surface area contributed by atoms with E-state index in [4.69, 9.17) is 0 Å². The van der Waals surface area contributed by atoms with E-state index in [0.29, 0.717) is 11.4 Å². The Hall–Kier alpha value is -3.59. The molecule has 0 fully saturated rings. The largest absolute Gasteiger partial charge is 0.362 e. The number of benzene rings is 2. The number of anilines is 2. The van der Waals surface area contributed by atoms with Crippen LogP contribution in [0.5, 0.6) is 0 Å². The van der Waals surface area contributed by atoms with Crippen molar-refractivity contribution in [3.05, 3.63) is 71.9 Å². The van der Waals surface area contributed by atoms with Crippen molar-refractivity contribution >= 4 is 17.4 Å². The van der Waals surface area contributed by atoms with Gasteiger partial charge < -0.3 is 10.2 Å². The second-order valence-corrected chi connectivity index (χ2v) is 6.11. The summed E-state index contributed by atoms with van der Waals surface area (Å²) in [6, 6.07) is 19.6. The van der Waals surface area contributed by atoms with Crippen LogP contribution in [0, 0.1) is 11.3 Å². The molecule has 0 saturated carbocycles. The summed E-state index contributed by atoms with van der Waals surface area (Å²) in [7, 11) is 0. The molecule has 2 heterocycles. The summed E-state index contributed by atoms with van der Waals surface area (Å²) in [6.07, 6.45) is 2.41. The van der Waals surface area contributed by atoms with Crippen molar-refractivity contribution in [2.75, 3.05) is 23.3 Å². The number of carbonyl (C=O) groups excluding carboxylic acids is 1. The molecule has 1 aliphatic heterocycles. The SMILES string of the molecule is N#Cc1cnn(-c2ccccc2)c1NC(=O)CN1CCc2ccccc21. The molecular weight excluding hydrogens is 326 g/mol. The lowest BCUT2D eigenvalue weighted by Crippen LogP contribution is -2.32. The van der Waals surface area contributed by atoms with Gasteiger partial charge in [-0.25, -0.2) is 4.68 Å². The van der Waals surface area contributed by atoms with Crippen LogP contribution < -0.4 is 10.2 Å². The molecule has 1 aromatic heterocycles. The van der Waals surface area contributed by atoms with E-state index in [2.05, 4.69) is 27.5 Å². The Labute approximate surface area is 151 Å². The summed E-state index contributed by atoms with van der Waals surface area (Å²) in [5.74, 6) is 0.229. The third kappa shape index (κ3) is 2.91. The maximum Gasteiger partial charge on any atom is 0.245 e. The van der Waals surface area contributed by atoms with Crippen molar-refractivity contribution in [2.24, 2.45) is 0 Å². The number of hydrogen-bond donors (Lipinski definition) is 1. The quantitative estimate of drug-likeness (QED) is 0.790. The maximum atomic E-state index is 12.6. The van der Waals surface area contributed by atoms with Gasteiger partial charge in [-0.05, 0) is 30.2 Å². The van der Waals surface area contributed by atoms with E-state index in [1.807, 2.05) is 48.5 Å². The number of hydrogen-bond acceptors (Lipinski definition) is 4. The Balaban J connectivity index is 1.55. The first kappa shape index (κ1) is 15.9. The zero-order valence-corrected chi connectivity index (χ0v) is 14.1. The lowest BCUT2D eigenvalue weighted by atomic mass is 10.2. The molecule has 2 aromatic carbocycles. The van der Waals surface area contributed by atoms with Crippen molar-refractivity contribution < 1.29 is 4.79 Å². The fourth-order valence-corrected chi connectivity index (χ4v) is 3.23. The van der Waals surface area contributed by atoms with Crippen molar-refractivity contribution in [1.82, 2.24) is 9.78 Å². The Kier molecular flexibility index (Phi) is 4.12. The number of amides is 1. The number of nitrogens with zero attached hydrogens (tertiary/aromatic N) is 4. The highest BCUT2D eigenvalue weighted by molar-refractivity contribution is 5.95. The average molecular weight is 343 g/mol. The van der Waals surface area contributed by atoms with E-state index >= 15 is 0 Å². The van der Waals surface area contributed by atoms with Crippen LogP contribution in [0.3, 0.4) is 0 Å². The normalized spacial score (nSPS) is 12.5. The van der Waals surface area contributed by atoms with Crippen molar-refractivity contribution in [3.8, 4) is 11.8 Å². The number of rotatable bonds is 4. The van der Waals surface area contributed by atoms with E-state index in [0.717, 1.165) is 24.3 Å². The first-order chi connectivity index (χ1) is 12.8. The second-order valence-electron chi connectivity index (χ2n) is 6.11. The summed E-state index contributed by atoms with van der Waals surface area (Å²) < 4.78 is 1.58. The van der Waals surface area contributed by atoms with Crippen LogP contribution in [-0.2, 0) is 11.2 Å². The lowest BCUT2D eigenvalue weighted by Gasteiger charge is -2.19. The minimum atomic E-state index is -0.170. The van der Waals surface area contributed by atoms with Crippen LogP contribution in [0.2, 0.25) is 0 Å². The number of aromatic nitrogens is 2. The van der Waals surface area contributed by atoms with Gasteiger partial charge in [0.2, 0.25) is 5.91 Å². The Bertz CT molecular complexity index is 987. The Morgan fingerprint density at radius 2 is 1.92 bits per heavy atom. The molecule has 6 heteroatoms. The van der Waals surface area contributed by atoms with Crippen molar-refractivity contribution in [2.45, 2.75) is 6.42 Å². The molecule has 0 saturated heterocycles. The molecule has 0 spiro atoms. The average Bonchev–Trinajstić information content (AvgIpc) is 3.27. The third-order valence-electron chi connectivity index (χ3n) is 4.47. The summed E-state index contributed by atoms with van der Waals surface area (Å²) in [5.41, 5.74) is 3.48. The van der Waals surface area contributed by atoms with E-state index in [9.17, 15) is 10.1 Å². The molecule has 0 aliphatic carbocycles. The fraction of sp³-hybridized carbons (Fsp3) is 0.150. The van der Waals surface area contributed by atoms with Gasteiger partial charge in [-0.2, -0.15) is 10.4 Å². The number of fused-ring (bicyclic) bond motifs is 1. The predicted molar refractivity (Wildman–Crippen MR) is 99.3 cm³/mol. The highest BCUT2D eigenvalue weighted by Gasteiger charge is 2.22. The van der Waals surface area contributed by atoms with E-state index in [1.165, 1.54) is 11.8 Å². The molecule has 6 nitrogen and oxygen atoms in total. The zero-order chi connectivity index (χ0) is 17.9. The Morgan fingerprint density at radius 1 is 1.15 bits per heavy atom. The molecule has 26 heavy (non-hydrogen) atoms. The van der Waals surface area contributed by atoms with Crippen molar-refractivity contribution in [1.29, 1.82) is 5.26 Å². The third-order valence-corrected chi connectivity index (χ3v) is 4.47. The first-order valence-corrected chi connectivity index (χ1v) is 8.42. The number of para-hydroxylation sites is 2. The molecule has 0 unspecified atom stereocenters. The lowest BCUT2D eigenvalue weighted by molar-refractivity contribution is -0.115. The molecule has 1 aliphatic rings. The highest BCUT2D eigenvalue weighted by atomic mass is 16.2. The van der Waals surface area contributed by atoms with Gasteiger partial charge >= 0.3 is 0 Å². The van der Waals surface area contributed by atoms with Gasteiger partial charge in [-0.1, -0.05) is 36.4 Å². The summed E-state index contributed by atoms with van der Waals surface area (Å²) in [6.45, 7) is 1.05. The van der Waals surface area contributed by atoms with Gasteiger partial charge in [-0.15, -0.1) is 0 Å². The van der Waals surface area contributed by atoms with Crippen LogP contribution >= 0.6 is 0 Å². The second kappa shape index (κ2) is 6.73. The molecule has 1 N–H and O–H groups in total. The summed E-state index contributed by atoms with van der Waals surface area (Å²) in [5, 5.41) is 16.4. The first-order valence-electron chi connectivity index (χ1n) is 8.42. The van der Waals surface area contributed by atoms with E-state index in [1.54, 1.807) is 4.68 Å². The molecule has 0 radical (unpaired) electrons. The standard InChI is InChI=1S/C20H17N5O/c21-12-16-13-22-25(17-7-2-1-3-8-17)20(16)23-19(26)14-24-11-10-15-6-4-5-9-18(15)24/h1-9,13H,10-11,14H2,(H,23,26). The molecule has 3 aromatic rings.